The average Bonchev–Trinajstić information content (AvgIpc) is 2.57. The number of pyridine rings is 1. The van der Waals surface area contributed by atoms with Gasteiger partial charge in [-0.3, -0.25) is 4.79 Å². The van der Waals surface area contributed by atoms with Crippen molar-refractivity contribution in [3.63, 3.8) is 0 Å². The van der Waals surface area contributed by atoms with Gasteiger partial charge in [-0.25, -0.2) is 4.98 Å². The van der Waals surface area contributed by atoms with E-state index in [0.717, 1.165) is 16.6 Å². The summed E-state index contributed by atoms with van der Waals surface area (Å²) in [4.78, 5) is 16.3. The standard InChI is InChI=1S/C18H22N2O2/c1-3-18(22,4-2)13-19-17(21)12-11-15-10-9-14-7-5-6-8-16(14)20-15/h5-12,22H,3-4,13H2,1-2H3,(H,19,21). The number of para-hydroxylation sites is 1. The monoisotopic (exact) mass is 298 g/mol. The molecule has 0 unspecified atom stereocenters. The molecular formula is C18H22N2O2. The number of carbonyl (C=O) groups is 1. The third kappa shape index (κ3) is 4.15. The van der Waals surface area contributed by atoms with Crippen LogP contribution in [0.5, 0.6) is 0 Å². The zero-order chi connectivity index (χ0) is 16.0. The minimum atomic E-state index is -0.829. The Kier molecular flexibility index (Phi) is 5.28. The molecule has 22 heavy (non-hydrogen) atoms. The first-order valence-electron chi connectivity index (χ1n) is 7.60. The van der Waals surface area contributed by atoms with Gasteiger partial charge in [0.15, 0.2) is 0 Å². The Morgan fingerprint density at radius 3 is 2.68 bits per heavy atom. The number of nitrogens with one attached hydrogen (secondary N) is 1. The Bertz CT molecular complexity index is 676. The molecule has 0 aliphatic heterocycles. The second-order valence-corrected chi connectivity index (χ2v) is 5.41. The van der Waals surface area contributed by atoms with E-state index in [2.05, 4.69) is 10.3 Å². The van der Waals surface area contributed by atoms with Crippen LogP contribution >= 0.6 is 0 Å². The molecule has 0 bridgehead atoms. The fourth-order valence-corrected chi connectivity index (χ4v) is 2.15. The second kappa shape index (κ2) is 7.18. The van der Waals surface area contributed by atoms with Crippen molar-refractivity contribution in [1.82, 2.24) is 10.3 Å². The number of aromatic nitrogens is 1. The van der Waals surface area contributed by atoms with Gasteiger partial charge in [-0.05, 0) is 31.1 Å². The summed E-state index contributed by atoms with van der Waals surface area (Å²) < 4.78 is 0. The number of hydrogen-bond acceptors (Lipinski definition) is 3. The summed E-state index contributed by atoms with van der Waals surface area (Å²) in [6.07, 6.45) is 4.35. The Morgan fingerprint density at radius 2 is 1.95 bits per heavy atom. The lowest BCUT2D eigenvalue weighted by Gasteiger charge is -2.24. The van der Waals surface area contributed by atoms with Gasteiger partial charge in [0.05, 0.1) is 16.8 Å². The quantitative estimate of drug-likeness (QED) is 0.806. The lowest BCUT2D eigenvalue weighted by molar-refractivity contribution is -0.117. The summed E-state index contributed by atoms with van der Waals surface area (Å²) >= 11 is 0. The number of benzene rings is 1. The fraction of sp³-hybridized carbons (Fsp3) is 0.333. The molecule has 116 valence electrons. The summed E-state index contributed by atoms with van der Waals surface area (Å²) in [6.45, 7) is 4.07. The van der Waals surface area contributed by atoms with Gasteiger partial charge in [0.25, 0.3) is 0 Å². The maximum Gasteiger partial charge on any atom is 0.244 e. The van der Waals surface area contributed by atoms with E-state index in [1.807, 2.05) is 50.2 Å². The van der Waals surface area contributed by atoms with E-state index in [1.54, 1.807) is 6.08 Å². The molecule has 0 aliphatic rings. The van der Waals surface area contributed by atoms with Crippen LogP contribution in [0.1, 0.15) is 32.4 Å². The molecule has 0 saturated heterocycles. The molecule has 0 aliphatic carbocycles. The predicted octanol–water partition coefficient (Wildman–Crippen LogP) is 2.92. The minimum Gasteiger partial charge on any atom is -0.388 e. The van der Waals surface area contributed by atoms with Crippen LogP contribution in [0.3, 0.4) is 0 Å². The third-order valence-corrected chi connectivity index (χ3v) is 3.93. The van der Waals surface area contributed by atoms with Gasteiger partial charge < -0.3 is 10.4 Å². The van der Waals surface area contributed by atoms with E-state index >= 15 is 0 Å². The van der Waals surface area contributed by atoms with Crippen molar-refractivity contribution in [2.75, 3.05) is 6.54 Å². The van der Waals surface area contributed by atoms with Gasteiger partial charge in [-0.2, -0.15) is 0 Å². The Morgan fingerprint density at radius 1 is 1.23 bits per heavy atom. The number of nitrogens with zero attached hydrogens (tertiary/aromatic N) is 1. The predicted molar refractivity (Wildman–Crippen MR) is 89.3 cm³/mol. The van der Waals surface area contributed by atoms with E-state index in [1.165, 1.54) is 6.08 Å². The average molecular weight is 298 g/mol. The maximum atomic E-state index is 11.8. The summed E-state index contributed by atoms with van der Waals surface area (Å²) in [5.41, 5.74) is 0.802. The Balaban J connectivity index is 1.99. The van der Waals surface area contributed by atoms with Crippen molar-refractivity contribution in [3.8, 4) is 0 Å². The molecule has 1 heterocycles. The van der Waals surface area contributed by atoms with Crippen molar-refractivity contribution >= 4 is 22.9 Å². The van der Waals surface area contributed by atoms with Gasteiger partial charge in [0.2, 0.25) is 5.91 Å². The van der Waals surface area contributed by atoms with Crippen LogP contribution < -0.4 is 5.32 Å². The largest absolute Gasteiger partial charge is 0.388 e. The molecule has 1 aromatic carbocycles. The fourth-order valence-electron chi connectivity index (χ4n) is 2.15. The highest BCUT2D eigenvalue weighted by Gasteiger charge is 2.22. The highest BCUT2D eigenvalue weighted by molar-refractivity contribution is 5.92. The molecular weight excluding hydrogens is 276 g/mol. The molecule has 0 saturated carbocycles. The normalized spacial score (nSPS) is 12.0. The Labute approximate surface area is 130 Å². The molecule has 1 amide bonds. The zero-order valence-corrected chi connectivity index (χ0v) is 13.0. The molecule has 4 heteroatoms. The SMILES string of the molecule is CCC(O)(CC)CNC(=O)C=Cc1ccc2ccccc2n1. The number of hydrogen-bond donors (Lipinski definition) is 2. The number of amides is 1. The van der Waals surface area contributed by atoms with Gasteiger partial charge in [-0.15, -0.1) is 0 Å². The van der Waals surface area contributed by atoms with Gasteiger partial charge in [0, 0.05) is 18.0 Å². The lowest BCUT2D eigenvalue weighted by Crippen LogP contribution is -2.41. The van der Waals surface area contributed by atoms with Crippen LogP contribution in [-0.4, -0.2) is 28.1 Å². The molecule has 0 atom stereocenters. The second-order valence-electron chi connectivity index (χ2n) is 5.41. The van der Waals surface area contributed by atoms with Crippen molar-refractivity contribution in [3.05, 3.63) is 48.2 Å². The zero-order valence-electron chi connectivity index (χ0n) is 13.0. The van der Waals surface area contributed by atoms with E-state index in [0.29, 0.717) is 12.8 Å². The number of fused-ring (bicyclic) bond motifs is 1. The molecule has 4 nitrogen and oxygen atoms in total. The molecule has 0 radical (unpaired) electrons. The first-order valence-corrected chi connectivity index (χ1v) is 7.60. The summed E-state index contributed by atoms with van der Waals surface area (Å²) in [5.74, 6) is -0.227. The van der Waals surface area contributed by atoms with Crippen LogP contribution in [0, 0.1) is 0 Å². The van der Waals surface area contributed by atoms with E-state index < -0.39 is 5.60 Å². The number of carbonyl (C=O) groups excluding carboxylic acids is 1. The first-order chi connectivity index (χ1) is 10.6. The summed E-state index contributed by atoms with van der Waals surface area (Å²) in [7, 11) is 0. The number of aliphatic hydroxyl groups is 1. The molecule has 1 aromatic heterocycles. The van der Waals surface area contributed by atoms with Crippen molar-refractivity contribution < 1.29 is 9.90 Å². The van der Waals surface area contributed by atoms with Crippen LogP contribution in [-0.2, 0) is 4.79 Å². The summed E-state index contributed by atoms with van der Waals surface area (Å²) in [6, 6.07) is 11.7. The van der Waals surface area contributed by atoms with Crippen LogP contribution in [0.4, 0.5) is 0 Å². The van der Waals surface area contributed by atoms with Crippen LogP contribution in [0.15, 0.2) is 42.5 Å². The van der Waals surface area contributed by atoms with Crippen LogP contribution in [0.2, 0.25) is 0 Å². The first kappa shape index (κ1) is 16.2. The molecule has 2 rings (SSSR count). The topological polar surface area (TPSA) is 62.2 Å². The van der Waals surface area contributed by atoms with Gasteiger partial charge in [-0.1, -0.05) is 38.1 Å². The van der Waals surface area contributed by atoms with E-state index in [4.69, 9.17) is 0 Å². The van der Waals surface area contributed by atoms with Crippen molar-refractivity contribution in [1.29, 1.82) is 0 Å². The number of rotatable bonds is 6. The highest BCUT2D eigenvalue weighted by atomic mass is 16.3. The smallest absolute Gasteiger partial charge is 0.244 e. The maximum absolute atomic E-state index is 11.8. The molecule has 0 spiro atoms. The highest BCUT2D eigenvalue weighted by Crippen LogP contribution is 2.13. The van der Waals surface area contributed by atoms with Gasteiger partial charge in [0.1, 0.15) is 0 Å². The van der Waals surface area contributed by atoms with E-state index in [-0.39, 0.29) is 12.5 Å². The minimum absolute atomic E-state index is 0.227. The third-order valence-electron chi connectivity index (χ3n) is 3.93. The van der Waals surface area contributed by atoms with Crippen LogP contribution in [0.25, 0.3) is 17.0 Å². The molecule has 2 N–H and O–H groups in total. The van der Waals surface area contributed by atoms with Crippen molar-refractivity contribution in [2.24, 2.45) is 0 Å². The molecule has 2 aromatic rings. The van der Waals surface area contributed by atoms with E-state index in [9.17, 15) is 9.90 Å². The van der Waals surface area contributed by atoms with Gasteiger partial charge >= 0.3 is 0 Å². The Hall–Kier alpha value is -2.20. The summed E-state index contributed by atoms with van der Waals surface area (Å²) in [5, 5.41) is 13.9. The van der Waals surface area contributed by atoms with Crippen molar-refractivity contribution in [2.45, 2.75) is 32.3 Å². The lowest BCUT2D eigenvalue weighted by atomic mass is 9.98. The molecule has 0 fully saturated rings.